The molecule has 0 saturated carbocycles. The second-order valence-corrected chi connectivity index (χ2v) is 4.59. The van der Waals surface area contributed by atoms with Crippen LogP contribution in [0.25, 0.3) is 0 Å². The Kier molecular flexibility index (Phi) is 6.29. The fraction of sp³-hybridized carbons (Fsp3) is 0.571. The van der Waals surface area contributed by atoms with Gasteiger partial charge in [-0.2, -0.15) is 0 Å². The van der Waals surface area contributed by atoms with Crippen molar-refractivity contribution in [1.82, 2.24) is 10.3 Å². The summed E-state index contributed by atoms with van der Waals surface area (Å²) in [6.07, 6.45) is 2.69. The standard InChI is InChI=1S/C14H24N4O/c1-4-8-18(5-2)13-7-6-12(10-16-13)14(19)17-11(3)9-15/h6-7,10-11H,4-5,8-9,15H2,1-3H3,(H,17,19)/t11-/m0/s1. The van der Waals surface area contributed by atoms with Crippen LogP contribution in [0.4, 0.5) is 5.82 Å². The normalized spacial score (nSPS) is 12.0. The van der Waals surface area contributed by atoms with Gasteiger partial charge in [-0.15, -0.1) is 0 Å². The molecule has 1 amide bonds. The number of hydrogen-bond donors (Lipinski definition) is 2. The highest BCUT2D eigenvalue weighted by Gasteiger charge is 2.10. The topological polar surface area (TPSA) is 71.2 Å². The first-order valence-corrected chi connectivity index (χ1v) is 6.84. The van der Waals surface area contributed by atoms with Crippen molar-refractivity contribution >= 4 is 11.7 Å². The minimum absolute atomic E-state index is 0.0283. The van der Waals surface area contributed by atoms with Gasteiger partial charge in [0.2, 0.25) is 0 Å². The van der Waals surface area contributed by atoms with Crippen molar-refractivity contribution in [1.29, 1.82) is 0 Å². The molecule has 1 aromatic rings. The zero-order valence-electron chi connectivity index (χ0n) is 12.0. The number of hydrogen-bond acceptors (Lipinski definition) is 4. The molecular formula is C14H24N4O. The van der Waals surface area contributed by atoms with Crippen molar-refractivity contribution in [2.24, 2.45) is 5.73 Å². The summed E-state index contributed by atoms with van der Waals surface area (Å²) in [5.41, 5.74) is 6.04. The maximum atomic E-state index is 11.9. The monoisotopic (exact) mass is 264 g/mol. The summed E-state index contributed by atoms with van der Waals surface area (Å²) < 4.78 is 0. The minimum atomic E-state index is -0.129. The number of nitrogens with two attached hydrogens (primary N) is 1. The molecule has 0 unspecified atom stereocenters. The number of carbonyl (C=O) groups is 1. The van der Waals surface area contributed by atoms with Gasteiger partial charge < -0.3 is 16.0 Å². The van der Waals surface area contributed by atoms with E-state index in [-0.39, 0.29) is 11.9 Å². The molecule has 0 fully saturated rings. The molecule has 106 valence electrons. The summed E-state index contributed by atoms with van der Waals surface area (Å²) in [5.74, 6) is 0.781. The molecule has 0 aliphatic heterocycles. The van der Waals surface area contributed by atoms with E-state index in [1.54, 1.807) is 12.3 Å². The van der Waals surface area contributed by atoms with E-state index >= 15 is 0 Å². The Morgan fingerprint density at radius 1 is 1.47 bits per heavy atom. The number of anilines is 1. The molecule has 1 rings (SSSR count). The Balaban J connectivity index is 2.72. The summed E-state index contributed by atoms with van der Waals surface area (Å²) in [4.78, 5) is 18.4. The molecule has 3 N–H and O–H groups in total. The van der Waals surface area contributed by atoms with E-state index in [1.165, 1.54) is 0 Å². The summed E-state index contributed by atoms with van der Waals surface area (Å²) in [6.45, 7) is 8.42. The SMILES string of the molecule is CCCN(CC)c1ccc(C(=O)N[C@@H](C)CN)cn1. The lowest BCUT2D eigenvalue weighted by Crippen LogP contribution is -2.37. The number of aromatic nitrogens is 1. The molecule has 19 heavy (non-hydrogen) atoms. The van der Waals surface area contributed by atoms with Gasteiger partial charge in [0.05, 0.1) is 5.56 Å². The first-order chi connectivity index (χ1) is 9.12. The van der Waals surface area contributed by atoms with Crippen LogP contribution in [-0.4, -0.2) is 36.6 Å². The largest absolute Gasteiger partial charge is 0.357 e. The average Bonchev–Trinajstić information content (AvgIpc) is 2.44. The summed E-state index contributed by atoms with van der Waals surface area (Å²) in [5, 5.41) is 2.82. The van der Waals surface area contributed by atoms with Gasteiger partial charge in [-0.05, 0) is 32.4 Å². The molecule has 0 bridgehead atoms. The van der Waals surface area contributed by atoms with E-state index in [4.69, 9.17) is 5.73 Å². The van der Waals surface area contributed by atoms with Crippen LogP contribution < -0.4 is 16.0 Å². The van der Waals surface area contributed by atoms with Crippen LogP contribution in [0.2, 0.25) is 0 Å². The fourth-order valence-corrected chi connectivity index (χ4v) is 1.78. The van der Waals surface area contributed by atoms with Gasteiger partial charge >= 0.3 is 0 Å². The summed E-state index contributed by atoms with van der Waals surface area (Å²) in [7, 11) is 0. The van der Waals surface area contributed by atoms with E-state index in [0.717, 1.165) is 25.3 Å². The van der Waals surface area contributed by atoms with Crippen LogP contribution in [0, 0.1) is 0 Å². The third kappa shape index (κ3) is 4.52. The highest BCUT2D eigenvalue weighted by atomic mass is 16.1. The number of nitrogens with zero attached hydrogens (tertiary/aromatic N) is 2. The zero-order chi connectivity index (χ0) is 14.3. The predicted octanol–water partition coefficient (Wildman–Crippen LogP) is 1.39. The Bertz CT molecular complexity index is 391. The first kappa shape index (κ1) is 15.4. The molecule has 1 heterocycles. The maximum absolute atomic E-state index is 11.9. The Morgan fingerprint density at radius 3 is 2.68 bits per heavy atom. The Morgan fingerprint density at radius 2 is 2.21 bits per heavy atom. The lowest BCUT2D eigenvalue weighted by molar-refractivity contribution is 0.0941. The van der Waals surface area contributed by atoms with Gasteiger partial charge in [-0.25, -0.2) is 4.98 Å². The van der Waals surface area contributed by atoms with Gasteiger partial charge in [0, 0.05) is 31.9 Å². The molecule has 0 aliphatic rings. The van der Waals surface area contributed by atoms with Gasteiger partial charge in [0.1, 0.15) is 5.82 Å². The number of nitrogens with one attached hydrogen (secondary N) is 1. The van der Waals surface area contributed by atoms with Crippen LogP contribution in [0.5, 0.6) is 0 Å². The Hall–Kier alpha value is -1.62. The fourth-order valence-electron chi connectivity index (χ4n) is 1.78. The van der Waals surface area contributed by atoms with E-state index in [0.29, 0.717) is 12.1 Å². The first-order valence-electron chi connectivity index (χ1n) is 6.84. The zero-order valence-corrected chi connectivity index (χ0v) is 12.0. The van der Waals surface area contributed by atoms with Crippen LogP contribution in [0.1, 0.15) is 37.6 Å². The highest BCUT2D eigenvalue weighted by molar-refractivity contribution is 5.94. The molecule has 0 aromatic carbocycles. The molecular weight excluding hydrogens is 240 g/mol. The van der Waals surface area contributed by atoms with Crippen molar-refractivity contribution in [2.75, 3.05) is 24.5 Å². The van der Waals surface area contributed by atoms with Crippen LogP contribution >= 0.6 is 0 Å². The molecule has 0 aliphatic carbocycles. The number of carbonyl (C=O) groups excluding carboxylic acids is 1. The molecule has 5 heteroatoms. The number of pyridine rings is 1. The molecule has 0 saturated heterocycles. The van der Waals surface area contributed by atoms with E-state index in [1.807, 2.05) is 13.0 Å². The van der Waals surface area contributed by atoms with Crippen molar-refractivity contribution in [3.8, 4) is 0 Å². The van der Waals surface area contributed by atoms with Crippen molar-refractivity contribution < 1.29 is 4.79 Å². The highest BCUT2D eigenvalue weighted by Crippen LogP contribution is 2.11. The van der Waals surface area contributed by atoms with Crippen molar-refractivity contribution in [3.63, 3.8) is 0 Å². The van der Waals surface area contributed by atoms with Gasteiger partial charge in [0.15, 0.2) is 0 Å². The van der Waals surface area contributed by atoms with Gasteiger partial charge in [-0.1, -0.05) is 6.92 Å². The lowest BCUT2D eigenvalue weighted by atomic mass is 10.2. The lowest BCUT2D eigenvalue weighted by Gasteiger charge is -2.21. The van der Waals surface area contributed by atoms with Crippen molar-refractivity contribution in [2.45, 2.75) is 33.2 Å². The maximum Gasteiger partial charge on any atom is 0.253 e. The molecule has 5 nitrogen and oxygen atoms in total. The molecule has 0 radical (unpaired) electrons. The summed E-state index contributed by atoms with van der Waals surface area (Å²) >= 11 is 0. The Labute approximate surface area is 115 Å². The minimum Gasteiger partial charge on any atom is -0.357 e. The predicted molar refractivity (Wildman–Crippen MR) is 78.4 cm³/mol. The average molecular weight is 264 g/mol. The van der Waals surface area contributed by atoms with E-state index in [2.05, 4.69) is 29.0 Å². The van der Waals surface area contributed by atoms with E-state index < -0.39 is 0 Å². The second-order valence-electron chi connectivity index (χ2n) is 4.59. The summed E-state index contributed by atoms with van der Waals surface area (Å²) in [6, 6.07) is 3.67. The van der Waals surface area contributed by atoms with Gasteiger partial charge in [0.25, 0.3) is 5.91 Å². The van der Waals surface area contributed by atoms with Crippen molar-refractivity contribution in [3.05, 3.63) is 23.9 Å². The third-order valence-corrected chi connectivity index (χ3v) is 2.94. The second kappa shape index (κ2) is 7.74. The molecule has 1 aromatic heterocycles. The van der Waals surface area contributed by atoms with Crippen LogP contribution in [-0.2, 0) is 0 Å². The number of amides is 1. The smallest absolute Gasteiger partial charge is 0.253 e. The van der Waals surface area contributed by atoms with Crippen LogP contribution in [0.3, 0.4) is 0 Å². The molecule has 1 atom stereocenters. The molecule has 0 spiro atoms. The van der Waals surface area contributed by atoms with Gasteiger partial charge in [-0.3, -0.25) is 4.79 Å². The number of rotatable bonds is 7. The van der Waals surface area contributed by atoms with E-state index in [9.17, 15) is 4.79 Å². The quantitative estimate of drug-likeness (QED) is 0.781. The van der Waals surface area contributed by atoms with Crippen LogP contribution in [0.15, 0.2) is 18.3 Å². The third-order valence-electron chi connectivity index (χ3n) is 2.94.